The Morgan fingerprint density at radius 2 is 2.06 bits per heavy atom. The van der Waals surface area contributed by atoms with Gasteiger partial charge in [-0.05, 0) is 24.1 Å². The Labute approximate surface area is 98.3 Å². The second-order valence-electron chi connectivity index (χ2n) is 4.30. The Balaban J connectivity index is 2.22. The van der Waals surface area contributed by atoms with Gasteiger partial charge in [0.1, 0.15) is 0 Å². The number of halogens is 2. The van der Waals surface area contributed by atoms with Crippen LogP contribution < -0.4 is 0 Å². The van der Waals surface area contributed by atoms with Crippen LogP contribution in [0.15, 0.2) is 18.2 Å². The average molecular weight is 243 g/mol. The van der Waals surface area contributed by atoms with Gasteiger partial charge in [0.25, 0.3) is 0 Å². The lowest BCUT2D eigenvalue weighted by molar-refractivity contribution is 0.156. The van der Waals surface area contributed by atoms with Crippen molar-refractivity contribution in [1.29, 1.82) is 0 Å². The van der Waals surface area contributed by atoms with E-state index >= 15 is 0 Å². The van der Waals surface area contributed by atoms with Crippen LogP contribution in [0.25, 0.3) is 0 Å². The van der Waals surface area contributed by atoms with Crippen molar-refractivity contribution in [2.45, 2.75) is 18.6 Å². The molecule has 0 amide bonds. The molecule has 1 aliphatic rings. The molecular weight excluding hydrogens is 228 g/mol. The maximum absolute atomic E-state index is 13.1. The highest BCUT2D eigenvalue weighted by molar-refractivity contribution is 5.22. The summed E-state index contributed by atoms with van der Waals surface area (Å²) >= 11 is 0. The topological polar surface area (TPSA) is 43.7 Å². The summed E-state index contributed by atoms with van der Waals surface area (Å²) < 4.78 is 26.0. The van der Waals surface area contributed by atoms with Crippen LogP contribution in [0, 0.1) is 11.6 Å². The van der Waals surface area contributed by atoms with E-state index in [0.717, 1.165) is 12.1 Å². The highest BCUT2D eigenvalue weighted by atomic mass is 19.2. The third-order valence-corrected chi connectivity index (χ3v) is 3.10. The average Bonchev–Trinajstić information content (AvgIpc) is 2.64. The minimum atomic E-state index is -0.882. The Kier molecular flexibility index (Phi) is 3.71. The summed E-state index contributed by atoms with van der Waals surface area (Å²) in [5.41, 5.74) is 0.633. The van der Waals surface area contributed by atoms with Crippen molar-refractivity contribution >= 4 is 0 Å². The molecule has 2 atom stereocenters. The number of nitrogens with zero attached hydrogens (tertiary/aromatic N) is 1. The normalized spacial score (nSPS) is 25.4. The van der Waals surface area contributed by atoms with Gasteiger partial charge in [-0.25, -0.2) is 8.78 Å². The minimum absolute atomic E-state index is 0.0209. The first-order valence-electron chi connectivity index (χ1n) is 5.59. The smallest absolute Gasteiger partial charge is 0.159 e. The number of aliphatic hydroxyl groups excluding tert-OH is 2. The highest BCUT2D eigenvalue weighted by Gasteiger charge is 2.31. The van der Waals surface area contributed by atoms with E-state index in [4.69, 9.17) is 5.11 Å². The maximum Gasteiger partial charge on any atom is 0.159 e. The summed E-state index contributed by atoms with van der Waals surface area (Å²) in [7, 11) is 0. The summed E-state index contributed by atoms with van der Waals surface area (Å²) in [4.78, 5) is 1.87. The highest BCUT2D eigenvalue weighted by Crippen LogP contribution is 2.32. The predicted octanol–water partition coefficient (Wildman–Crippen LogP) is 1.06. The quantitative estimate of drug-likeness (QED) is 0.834. The summed E-state index contributed by atoms with van der Waals surface area (Å²) in [5, 5.41) is 18.5. The Bertz CT molecular complexity index is 400. The standard InChI is InChI=1S/C12H15F2NO2/c13-10-2-1-8(5-11(10)14)12-6-9(17)7-15(12)3-4-16/h1-2,5,9,12,16-17H,3-4,6-7H2. The van der Waals surface area contributed by atoms with Crippen molar-refractivity contribution < 1.29 is 19.0 Å². The number of benzene rings is 1. The van der Waals surface area contributed by atoms with E-state index in [1.165, 1.54) is 6.07 Å². The third-order valence-electron chi connectivity index (χ3n) is 3.10. The minimum Gasteiger partial charge on any atom is -0.395 e. The first-order chi connectivity index (χ1) is 8.11. The van der Waals surface area contributed by atoms with Gasteiger partial charge in [-0.2, -0.15) is 0 Å². The molecule has 0 bridgehead atoms. The molecule has 0 aromatic heterocycles. The fraction of sp³-hybridized carbons (Fsp3) is 0.500. The van der Waals surface area contributed by atoms with Gasteiger partial charge in [0.15, 0.2) is 11.6 Å². The maximum atomic E-state index is 13.1. The lowest BCUT2D eigenvalue weighted by atomic mass is 10.0. The Hall–Kier alpha value is -1.04. The third kappa shape index (κ3) is 2.62. The summed E-state index contributed by atoms with van der Waals surface area (Å²) in [6.07, 6.45) is -0.00917. The molecule has 1 aromatic carbocycles. The van der Waals surface area contributed by atoms with Gasteiger partial charge < -0.3 is 10.2 Å². The van der Waals surface area contributed by atoms with Gasteiger partial charge in [0.2, 0.25) is 0 Å². The van der Waals surface area contributed by atoms with E-state index in [2.05, 4.69) is 0 Å². The molecule has 94 valence electrons. The first-order valence-corrected chi connectivity index (χ1v) is 5.59. The molecule has 1 fully saturated rings. The van der Waals surface area contributed by atoms with Crippen LogP contribution in [-0.2, 0) is 0 Å². The molecule has 1 aliphatic heterocycles. The number of likely N-dealkylation sites (tertiary alicyclic amines) is 1. The fourth-order valence-electron chi connectivity index (χ4n) is 2.32. The summed E-state index contributed by atoms with van der Waals surface area (Å²) in [6.45, 7) is 0.845. The van der Waals surface area contributed by atoms with E-state index in [1.54, 1.807) is 0 Å². The van der Waals surface area contributed by atoms with Crippen LogP contribution >= 0.6 is 0 Å². The molecule has 17 heavy (non-hydrogen) atoms. The first kappa shape index (κ1) is 12.4. The largest absolute Gasteiger partial charge is 0.395 e. The molecule has 1 saturated heterocycles. The van der Waals surface area contributed by atoms with Crippen molar-refractivity contribution in [3.05, 3.63) is 35.4 Å². The van der Waals surface area contributed by atoms with Crippen LogP contribution in [-0.4, -0.2) is 40.9 Å². The molecule has 0 spiro atoms. The number of hydrogen-bond acceptors (Lipinski definition) is 3. The molecular formula is C12H15F2NO2. The zero-order valence-electron chi connectivity index (χ0n) is 9.31. The van der Waals surface area contributed by atoms with Crippen LogP contribution in [0.3, 0.4) is 0 Å². The van der Waals surface area contributed by atoms with Crippen molar-refractivity contribution in [2.75, 3.05) is 19.7 Å². The lowest BCUT2D eigenvalue weighted by Crippen LogP contribution is -2.27. The summed E-state index contributed by atoms with van der Waals surface area (Å²) in [6, 6.07) is 3.60. The molecule has 1 aromatic rings. The van der Waals surface area contributed by atoms with Crippen molar-refractivity contribution in [1.82, 2.24) is 4.90 Å². The van der Waals surface area contributed by atoms with Crippen LogP contribution in [0.1, 0.15) is 18.0 Å². The zero-order valence-corrected chi connectivity index (χ0v) is 9.31. The van der Waals surface area contributed by atoms with Gasteiger partial charge in [-0.15, -0.1) is 0 Å². The van der Waals surface area contributed by atoms with Gasteiger partial charge in [-0.1, -0.05) is 6.07 Å². The van der Waals surface area contributed by atoms with E-state index in [-0.39, 0.29) is 12.6 Å². The molecule has 0 saturated carbocycles. The summed E-state index contributed by atoms with van der Waals surface area (Å²) in [5.74, 6) is -1.76. The lowest BCUT2D eigenvalue weighted by Gasteiger charge is -2.23. The van der Waals surface area contributed by atoms with Crippen molar-refractivity contribution in [3.63, 3.8) is 0 Å². The number of β-amino-alcohol motifs (C(OH)–C–C–N with tert-alkyl or cyclic N) is 2. The van der Waals surface area contributed by atoms with Gasteiger partial charge >= 0.3 is 0 Å². The number of hydrogen-bond donors (Lipinski definition) is 2. The monoisotopic (exact) mass is 243 g/mol. The predicted molar refractivity (Wildman–Crippen MR) is 58.4 cm³/mol. The number of aliphatic hydroxyl groups is 2. The van der Waals surface area contributed by atoms with Crippen LogP contribution in [0.5, 0.6) is 0 Å². The van der Waals surface area contributed by atoms with E-state index in [0.29, 0.717) is 25.1 Å². The molecule has 2 unspecified atom stereocenters. The van der Waals surface area contributed by atoms with E-state index < -0.39 is 17.7 Å². The van der Waals surface area contributed by atoms with Crippen molar-refractivity contribution in [3.8, 4) is 0 Å². The fourth-order valence-corrected chi connectivity index (χ4v) is 2.32. The molecule has 3 nitrogen and oxygen atoms in total. The molecule has 0 aliphatic carbocycles. The van der Waals surface area contributed by atoms with Gasteiger partial charge in [0.05, 0.1) is 12.7 Å². The molecule has 0 radical (unpaired) electrons. The van der Waals surface area contributed by atoms with E-state index in [1.807, 2.05) is 4.90 Å². The SMILES string of the molecule is OCCN1CC(O)CC1c1ccc(F)c(F)c1. The molecule has 5 heteroatoms. The van der Waals surface area contributed by atoms with E-state index in [9.17, 15) is 13.9 Å². The Morgan fingerprint density at radius 3 is 2.71 bits per heavy atom. The van der Waals surface area contributed by atoms with Gasteiger partial charge in [0, 0.05) is 19.1 Å². The molecule has 1 heterocycles. The second-order valence-corrected chi connectivity index (χ2v) is 4.30. The second kappa shape index (κ2) is 5.08. The molecule has 2 N–H and O–H groups in total. The molecule has 2 rings (SSSR count). The number of rotatable bonds is 3. The van der Waals surface area contributed by atoms with Crippen molar-refractivity contribution in [2.24, 2.45) is 0 Å². The van der Waals surface area contributed by atoms with Gasteiger partial charge in [-0.3, -0.25) is 4.90 Å². The zero-order chi connectivity index (χ0) is 12.4. The van der Waals surface area contributed by atoms with Crippen LogP contribution in [0.4, 0.5) is 8.78 Å². The Morgan fingerprint density at radius 1 is 1.29 bits per heavy atom. The van der Waals surface area contributed by atoms with Crippen LogP contribution in [0.2, 0.25) is 0 Å².